The highest BCUT2D eigenvalue weighted by Gasteiger charge is 2.46. The van der Waals surface area contributed by atoms with Crippen molar-refractivity contribution in [3.63, 3.8) is 0 Å². The SMILES string of the molecule is CC(=O)C1C(=O)CC(CC2CC(=O)c3c(O)ccc(C4CCOC4)c3C2)C(CO)C1=O. The summed E-state index contributed by atoms with van der Waals surface area (Å²) in [5.41, 5.74) is 2.24. The van der Waals surface area contributed by atoms with E-state index in [4.69, 9.17) is 4.74 Å². The number of ether oxygens (including phenoxy) is 1. The molecule has 1 heterocycles. The summed E-state index contributed by atoms with van der Waals surface area (Å²) in [6, 6.07) is 3.44. The van der Waals surface area contributed by atoms with Gasteiger partial charge in [0.25, 0.3) is 0 Å². The molecule has 2 N–H and O–H groups in total. The van der Waals surface area contributed by atoms with Crippen LogP contribution in [0, 0.1) is 23.7 Å². The van der Waals surface area contributed by atoms with Gasteiger partial charge in [0, 0.05) is 31.3 Å². The van der Waals surface area contributed by atoms with Gasteiger partial charge in [0.05, 0.1) is 18.8 Å². The van der Waals surface area contributed by atoms with E-state index in [1.54, 1.807) is 6.07 Å². The zero-order chi connectivity index (χ0) is 22.3. The van der Waals surface area contributed by atoms with E-state index in [0.29, 0.717) is 31.6 Å². The number of aromatic hydroxyl groups is 1. The minimum absolute atomic E-state index is 0.0123. The Bertz CT molecular complexity index is 928. The molecule has 1 aliphatic heterocycles. The lowest BCUT2D eigenvalue weighted by molar-refractivity contribution is -0.147. The molecule has 1 aromatic rings. The molecule has 2 fully saturated rings. The molecule has 5 atom stereocenters. The Morgan fingerprint density at radius 2 is 1.94 bits per heavy atom. The zero-order valence-corrected chi connectivity index (χ0v) is 17.6. The first-order valence-corrected chi connectivity index (χ1v) is 10.9. The smallest absolute Gasteiger partial charge is 0.167 e. The van der Waals surface area contributed by atoms with Gasteiger partial charge < -0.3 is 14.9 Å². The Hall–Kier alpha value is -2.38. The van der Waals surface area contributed by atoms with Gasteiger partial charge in [0.2, 0.25) is 0 Å². The number of benzene rings is 1. The molecule has 0 radical (unpaired) electrons. The van der Waals surface area contributed by atoms with Crippen molar-refractivity contribution in [3.8, 4) is 5.75 Å². The minimum atomic E-state index is -1.27. The third kappa shape index (κ3) is 3.96. The maximum Gasteiger partial charge on any atom is 0.167 e. The number of phenols is 1. The Morgan fingerprint density at radius 3 is 2.58 bits per heavy atom. The minimum Gasteiger partial charge on any atom is -0.507 e. The van der Waals surface area contributed by atoms with Crippen molar-refractivity contribution in [2.24, 2.45) is 23.7 Å². The van der Waals surface area contributed by atoms with Crippen molar-refractivity contribution >= 4 is 23.1 Å². The van der Waals surface area contributed by atoms with Crippen LogP contribution < -0.4 is 0 Å². The second-order valence-corrected chi connectivity index (χ2v) is 9.19. The molecule has 4 rings (SSSR count). The molecule has 0 aromatic heterocycles. The van der Waals surface area contributed by atoms with Crippen LogP contribution in [0.5, 0.6) is 5.75 Å². The molecule has 1 saturated carbocycles. The topological polar surface area (TPSA) is 118 Å². The quantitative estimate of drug-likeness (QED) is 0.689. The summed E-state index contributed by atoms with van der Waals surface area (Å²) >= 11 is 0. The first-order chi connectivity index (χ1) is 14.8. The van der Waals surface area contributed by atoms with Gasteiger partial charge in [-0.25, -0.2) is 0 Å². The number of carbonyl (C=O) groups is 4. The van der Waals surface area contributed by atoms with E-state index in [9.17, 15) is 29.4 Å². The van der Waals surface area contributed by atoms with E-state index in [1.807, 2.05) is 6.07 Å². The van der Waals surface area contributed by atoms with Crippen molar-refractivity contribution < 1.29 is 34.1 Å². The van der Waals surface area contributed by atoms with Crippen LogP contribution in [0.15, 0.2) is 12.1 Å². The van der Waals surface area contributed by atoms with Crippen LogP contribution in [0.3, 0.4) is 0 Å². The van der Waals surface area contributed by atoms with E-state index < -0.39 is 41.7 Å². The van der Waals surface area contributed by atoms with Crippen LogP contribution in [0.2, 0.25) is 0 Å². The Kier molecular flexibility index (Phi) is 6.08. The normalized spacial score (nSPS) is 31.0. The first kappa shape index (κ1) is 21.8. The highest BCUT2D eigenvalue weighted by Crippen LogP contribution is 2.42. The standard InChI is InChI=1S/C24H28O7/c1-12(26)22-21(29)9-15(18(10-25)24(22)30)6-13-7-17-16(14-4-5-31-11-14)2-3-19(27)23(17)20(28)8-13/h2-3,13-15,18,22,25,27H,4-11H2,1H3. The molecule has 31 heavy (non-hydrogen) atoms. The largest absolute Gasteiger partial charge is 0.507 e. The molecule has 166 valence electrons. The molecule has 0 spiro atoms. The number of aliphatic hydroxyl groups excluding tert-OH is 1. The predicted octanol–water partition coefficient (Wildman–Crippen LogP) is 2.00. The number of hydrogen-bond acceptors (Lipinski definition) is 7. The number of hydrogen-bond donors (Lipinski definition) is 2. The van der Waals surface area contributed by atoms with Gasteiger partial charge in [-0.1, -0.05) is 6.07 Å². The highest BCUT2D eigenvalue weighted by atomic mass is 16.5. The second kappa shape index (κ2) is 8.63. The van der Waals surface area contributed by atoms with Crippen LogP contribution >= 0.6 is 0 Å². The second-order valence-electron chi connectivity index (χ2n) is 9.19. The molecule has 0 bridgehead atoms. The summed E-state index contributed by atoms with van der Waals surface area (Å²) in [5.74, 6) is -3.87. The van der Waals surface area contributed by atoms with Crippen LogP contribution in [-0.4, -0.2) is 53.2 Å². The average Bonchev–Trinajstić information content (AvgIpc) is 3.22. The number of carbonyl (C=O) groups excluding carboxylic acids is 4. The summed E-state index contributed by atoms with van der Waals surface area (Å²) in [4.78, 5) is 49.8. The van der Waals surface area contributed by atoms with E-state index in [-0.39, 0.29) is 36.2 Å². The fourth-order valence-corrected chi connectivity index (χ4v) is 5.70. The third-order valence-electron chi connectivity index (χ3n) is 7.19. The van der Waals surface area contributed by atoms with E-state index >= 15 is 0 Å². The van der Waals surface area contributed by atoms with Crippen molar-refractivity contribution in [1.29, 1.82) is 0 Å². The summed E-state index contributed by atoms with van der Waals surface area (Å²) < 4.78 is 5.51. The van der Waals surface area contributed by atoms with Gasteiger partial charge in [-0.15, -0.1) is 0 Å². The average molecular weight is 428 g/mol. The molecule has 1 saturated heterocycles. The number of ketones is 4. The number of phenolic OH excluding ortho intramolecular Hbond substituents is 1. The lowest BCUT2D eigenvalue weighted by Crippen LogP contribution is -2.46. The molecule has 2 aliphatic carbocycles. The lowest BCUT2D eigenvalue weighted by atomic mass is 9.66. The molecule has 7 heteroatoms. The number of rotatable bonds is 5. The van der Waals surface area contributed by atoms with Gasteiger partial charge in [0.1, 0.15) is 17.5 Å². The zero-order valence-electron chi connectivity index (χ0n) is 17.6. The number of fused-ring (bicyclic) bond motifs is 1. The number of aliphatic hydroxyl groups is 1. The van der Waals surface area contributed by atoms with Crippen molar-refractivity contribution in [2.75, 3.05) is 19.8 Å². The fourth-order valence-electron chi connectivity index (χ4n) is 5.70. The number of Topliss-reactive ketones (excluding diaryl/α,β-unsaturated/α-hetero) is 4. The molecule has 1 aromatic carbocycles. The fraction of sp³-hybridized carbons (Fsp3) is 0.583. The maximum absolute atomic E-state index is 12.9. The molecular formula is C24H28O7. The van der Waals surface area contributed by atoms with Gasteiger partial charge in [-0.2, -0.15) is 0 Å². The van der Waals surface area contributed by atoms with Gasteiger partial charge in [0.15, 0.2) is 17.3 Å². The molecule has 3 aliphatic rings. The summed E-state index contributed by atoms with van der Waals surface area (Å²) in [6.07, 6.45) is 2.14. The molecule has 7 nitrogen and oxygen atoms in total. The van der Waals surface area contributed by atoms with Crippen molar-refractivity contribution in [2.45, 2.75) is 44.9 Å². The van der Waals surface area contributed by atoms with Crippen molar-refractivity contribution in [1.82, 2.24) is 0 Å². The third-order valence-corrected chi connectivity index (χ3v) is 7.19. The first-order valence-electron chi connectivity index (χ1n) is 10.9. The van der Waals surface area contributed by atoms with Crippen LogP contribution in [0.1, 0.15) is 60.0 Å². The van der Waals surface area contributed by atoms with Crippen LogP contribution in [0.25, 0.3) is 0 Å². The summed E-state index contributed by atoms with van der Waals surface area (Å²) in [5, 5.41) is 20.1. The van der Waals surface area contributed by atoms with Crippen LogP contribution in [-0.2, 0) is 25.5 Å². The Balaban J connectivity index is 1.59. The van der Waals surface area contributed by atoms with Gasteiger partial charge >= 0.3 is 0 Å². The van der Waals surface area contributed by atoms with E-state index in [0.717, 1.165) is 17.5 Å². The Morgan fingerprint density at radius 1 is 1.16 bits per heavy atom. The molecule has 0 amide bonds. The molecule has 5 unspecified atom stereocenters. The maximum atomic E-state index is 12.9. The monoisotopic (exact) mass is 428 g/mol. The lowest BCUT2D eigenvalue weighted by Gasteiger charge is -2.36. The molecular weight excluding hydrogens is 400 g/mol. The van der Waals surface area contributed by atoms with Crippen LogP contribution in [0.4, 0.5) is 0 Å². The van der Waals surface area contributed by atoms with E-state index in [2.05, 4.69) is 0 Å². The van der Waals surface area contributed by atoms with E-state index in [1.165, 1.54) is 6.92 Å². The van der Waals surface area contributed by atoms with Gasteiger partial charge in [-0.3, -0.25) is 19.2 Å². The van der Waals surface area contributed by atoms with Gasteiger partial charge in [-0.05, 0) is 55.2 Å². The highest BCUT2D eigenvalue weighted by molar-refractivity contribution is 6.20. The summed E-state index contributed by atoms with van der Waals surface area (Å²) in [7, 11) is 0. The van der Waals surface area contributed by atoms with Crippen molar-refractivity contribution in [3.05, 3.63) is 28.8 Å². The summed E-state index contributed by atoms with van der Waals surface area (Å²) in [6.45, 7) is 2.07. The Labute approximate surface area is 180 Å². The predicted molar refractivity (Wildman–Crippen MR) is 110 cm³/mol.